The summed E-state index contributed by atoms with van der Waals surface area (Å²) in [5.74, 6) is -1.19. The molecule has 0 saturated carbocycles. The average Bonchev–Trinajstić information content (AvgIpc) is 3.16. The Morgan fingerprint density at radius 3 is 2.48 bits per heavy atom. The summed E-state index contributed by atoms with van der Waals surface area (Å²) in [6, 6.07) is 4.57. The Labute approximate surface area is 163 Å². The van der Waals surface area contributed by atoms with Gasteiger partial charge in [0.05, 0.1) is 26.3 Å². The Morgan fingerprint density at radius 2 is 1.96 bits per heavy atom. The number of thiazole rings is 1. The number of nitrogens with zero attached hydrogens (tertiary/aromatic N) is 3. The Bertz CT molecular complexity index is 1040. The fourth-order valence-corrected chi connectivity index (χ4v) is 3.72. The molecule has 0 atom stereocenters. The summed E-state index contributed by atoms with van der Waals surface area (Å²) in [6.45, 7) is 5.34. The summed E-state index contributed by atoms with van der Waals surface area (Å²) in [6.07, 6.45) is -2.91. The zero-order valence-electron chi connectivity index (χ0n) is 13.7. The zero-order valence-corrected chi connectivity index (χ0v) is 16.1. The molecule has 140 valence electrons. The number of aromatic nitrogens is 3. The van der Waals surface area contributed by atoms with Crippen LogP contribution in [0.1, 0.15) is 26.6 Å². The first-order chi connectivity index (χ1) is 12.6. The summed E-state index contributed by atoms with van der Waals surface area (Å²) in [5, 5.41) is 13.9. The normalized spacial score (nSPS) is 11.6. The minimum atomic E-state index is -4.43. The molecule has 1 aromatic carbocycles. The Morgan fingerprint density at radius 1 is 1.33 bits per heavy atom. The van der Waals surface area contributed by atoms with E-state index in [1.54, 1.807) is 6.92 Å². The van der Waals surface area contributed by atoms with Gasteiger partial charge in [0.1, 0.15) is 0 Å². The molecule has 0 amide bonds. The molecule has 0 spiro atoms. The third-order valence-corrected chi connectivity index (χ3v) is 5.66. The van der Waals surface area contributed by atoms with E-state index < -0.39 is 17.7 Å². The third kappa shape index (κ3) is 3.54. The molecule has 5 nitrogen and oxygen atoms in total. The Balaban J connectivity index is 2.11. The molecule has 0 aliphatic heterocycles. The second kappa shape index (κ2) is 6.93. The maximum atomic E-state index is 12.8. The van der Waals surface area contributed by atoms with Crippen LogP contribution in [0.3, 0.4) is 0 Å². The van der Waals surface area contributed by atoms with Crippen molar-refractivity contribution in [2.75, 3.05) is 0 Å². The number of carboxylic acid groups (broad SMARTS) is 1. The Kier molecular flexibility index (Phi) is 4.96. The van der Waals surface area contributed by atoms with Crippen LogP contribution in [-0.2, 0) is 6.18 Å². The molecule has 0 saturated heterocycles. The lowest BCUT2D eigenvalue weighted by Gasteiger charge is -2.07. The maximum absolute atomic E-state index is 12.8. The summed E-state index contributed by atoms with van der Waals surface area (Å²) >= 11 is 4.33. The molecule has 27 heavy (non-hydrogen) atoms. The topological polar surface area (TPSA) is 68.0 Å². The van der Waals surface area contributed by atoms with E-state index in [1.807, 2.05) is 0 Å². The first kappa shape index (κ1) is 19.3. The van der Waals surface area contributed by atoms with E-state index in [4.69, 9.17) is 0 Å². The molecule has 10 heteroatoms. The van der Waals surface area contributed by atoms with Crippen molar-refractivity contribution in [2.24, 2.45) is 0 Å². The smallest absolute Gasteiger partial charge is 0.416 e. The van der Waals surface area contributed by atoms with E-state index in [9.17, 15) is 23.1 Å². The number of hydrogen-bond donors (Lipinski definition) is 1. The van der Waals surface area contributed by atoms with Gasteiger partial charge in [-0.3, -0.25) is 0 Å². The van der Waals surface area contributed by atoms with E-state index in [0.717, 1.165) is 23.5 Å². The lowest BCUT2D eigenvalue weighted by Crippen LogP contribution is -2.08. The van der Waals surface area contributed by atoms with Crippen LogP contribution < -0.4 is 0 Å². The van der Waals surface area contributed by atoms with Crippen molar-refractivity contribution in [3.63, 3.8) is 0 Å². The maximum Gasteiger partial charge on any atom is 0.416 e. The largest absolute Gasteiger partial charge is 0.476 e. The van der Waals surface area contributed by atoms with Gasteiger partial charge in [-0.05, 0) is 41.1 Å². The number of carboxylic acids is 1. The first-order valence-electron chi connectivity index (χ1n) is 7.43. The third-order valence-electron chi connectivity index (χ3n) is 3.68. The number of halogens is 4. The number of rotatable bonds is 4. The van der Waals surface area contributed by atoms with Gasteiger partial charge >= 0.3 is 12.1 Å². The monoisotopic (exact) mass is 457 g/mol. The van der Waals surface area contributed by atoms with Gasteiger partial charge < -0.3 is 5.11 Å². The standard InChI is InChI=1S/C17H11BrF3N3O2S/c1-3-11-13(9-4-6-10(7-5-9)17(19,20)21)22-16(27-11)24-14(15(25)26)12(18)8(2)23-24/h3-7H,1H2,2H3,(H,25,26). The number of carbonyl (C=O) groups is 1. The number of benzene rings is 1. The molecular weight excluding hydrogens is 447 g/mol. The molecule has 0 aliphatic carbocycles. The van der Waals surface area contributed by atoms with Crippen molar-refractivity contribution < 1.29 is 23.1 Å². The molecule has 1 N–H and O–H groups in total. The fraction of sp³-hybridized carbons (Fsp3) is 0.118. The van der Waals surface area contributed by atoms with Gasteiger partial charge in [-0.2, -0.15) is 23.0 Å². The minimum absolute atomic E-state index is 0.0872. The second-order valence-corrected chi connectivity index (χ2v) is 7.26. The van der Waals surface area contributed by atoms with Gasteiger partial charge in [-0.25, -0.2) is 9.78 Å². The highest BCUT2D eigenvalue weighted by Crippen LogP contribution is 2.35. The predicted octanol–water partition coefficient (Wildman–Crippen LogP) is 5.43. The van der Waals surface area contributed by atoms with Gasteiger partial charge in [0.15, 0.2) is 5.69 Å². The molecule has 0 unspecified atom stereocenters. The summed E-state index contributed by atoms with van der Waals surface area (Å²) in [7, 11) is 0. The van der Waals surface area contributed by atoms with Crippen molar-refractivity contribution in [1.82, 2.24) is 14.8 Å². The SMILES string of the molecule is C=Cc1sc(-n2nc(C)c(Br)c2C(=O)O)nc1-c1ccc(C(F)(F)F)cc1. The van der Waals surface area contributed by atoms with E-state index in [0.29, 0.717) is 26.3 Å². The minimum Gasteiger partial charge on any atom is -0.476 e. The first-order valence-corrected chi connectivity index (χ1v) is 9.04. The highest BCUT2D eigenvalue weighted by atomic mass is 79.9. The molecule has 2 heterocycles. The van der Waals surface area contributed by atoms with Crippen molar-refractivity contribution in [3.8, 4) is 16.4 Å². The van der Waals surface area contributed by atoms with Crippen LogP contribution in [0, 0.1) is 6.92 Å². The molecule has 2 aromatic heterocycles. The van der Waals surface area contributed by atoms with Crippen LogP contribution in [-0.4, -0.2) is 25.8 Å². The summed E-state index contributed by atoms with van der Waals surface area (Å²) in [5.41, 5.74) is 0.482. The van der Waals surface area contributed by atoms with Crippen molar-refractivity contribution in [2.45, 2.75) is 13.1 Å². The molecular formula is C17H11BrF3N3O2S. The van der Waals surface area contributed by atoms with Gasteiger partial charge in [-0.1, -0.05) is 30.0 Å². The number of aromatic carboxylic acids is 1. The molecule has 0 aliphatic rings. The molecule has 3 aromatic rings. The van der Waals surface area contributed by atoms with Crippen LogP contribution in [0.25, 0.3) is 22.5 Å². The van der Waals surface area contributed by atoms with E-state index in [1.165, 1.54) is 22.9 Å². The predicted molar refractivity (Wildman–Crippen MR) is 99.2 cm³/mol. The van der Waals surface area contributed by atoms with Crippen molar-refractivity contribution >= 4 is 39.3 Å². The Hall–Kier alpha value is -2.46. The number of alkyl halides is 3. The van der Waals surface area contributed by atoms with E-state index in [-0.39, 0.29) is 10.8 Å². The number of hydrogen-bond acceptors (Lipinski definition) is 4. The van der Waals surface area contributed by atoms with Crippen LogP contribution in [0.5, 0.6) is 0 Å². The van der Waals surface area contributed by atoms with Gasteiger partial charge in [0.2, 0.25) is 5.13 Å². The summed E-state index contributed by atoms with van der Waals surface area (Å²) < 4.78 is 39.8. The van der Waals surface area contributed by atoms with Crippen molar-refractivity contribution in [3.05, 3.63) is 57.1 Å². The van der Waals surface area contributed by atoms with Crippen LogP contribution in [0.4, 0.5) is 13.2 Å². The van der Waals surface area contributed by atoms with E-state index >= 15 is 0 Å². The molecule has 0 bridgehead atoms. The quantitative estimate of drug-likeness (QED) is 0.567. The lowest BCUT2D eigenvalue weighted by atomic mass is 10.1. The molecule has 3 rings (SSSR count). The van der Waals surface area contributed by atoms with Crippen LogP contribution in [0.2, 0.25) is 0 Å². The highest BCUT2D eigenvalue weighted by Gasteiger charge is 2.30. The van der Waals surface area contributed by atoms with Crippen LogP contribution in [0.15, 0.2) is 35.3 Å². The average molecular weight is 458 g/mol. The van der Waals surface area contributed by atoms with Crippen molar-refractivity contribution in [1.29, 1.82) is 0 Å². The molecule has 0 radical (unpaired) electrons. The van der Waals surface area contributed by atoms with Crippen LogP contribution >= 0.6 is 27.3 Å². The highest BCUT2D eigenvalue weighted by molar-refractivity contribution is 9.10. The zero-order chi connectivity index (χ0) is 19.9. The molecule has 0 fully saturated rings. The van der Waals surface area contributed by atoms with E-state index in [2.05, 4.69) is 32.6 Å². The fourth-order valence-electron chi connectivity index (χ4n) is 2.40. The van der Waals surface area contributed by atoms with Gasteiger partial charge in [0, 0.05) is 5.56 Å². The summed E-state index contributed by atoms with van der Waals surface area (Å²) in [4.78, 5) is 16.5. The van der Waals surface area contributed by atoms with Gasteiger partial charge in [-0.15, -0.1) is 0 Å². The number of aryl methyl sites for hydroxylation is 1. The lowest BCUT2D eigenvalue weighted by molar-refractivity contribution is -0.137. The second-order valence-electron chi connectivity index (χ2n) is 5.45. The van der Waals surface area contributed by atoms with Gasteiger partial charge in [0.25, 0.3) is 0 Å².